The van der Waals surface area contributed by atoms with Crippen LogP contribution in [0.1, 0.15) is 11.1 Å². The average molecular weight is 498 g/mol. The van der Waals surface area contributed by atoms with Crippen LogP contribution in [0.15, 0.2) is 66.3 Å². The van der Waals surface area contributed by atoms with E-state index in [2.05, 4.69) is 26.7 Å². The molecule has 2 aromatic heterocycles. The lowest BCUT2D eigenvalue weighted by Crippen LogP contribution is -2.47. The fourth-order valence-electron chi connectivity index (χ4n) is 4.86. The van der Waals surface area contributed by atoms with Gasteiger partial charge >= 0.3 is 0 Å². The molecule has 8 heteroatoms. The van der Waals surface area contributed by atoms with E-state index in [1.165, 1.54) is 0 Å². The Labute approximate surface area is 211 Å². The molecule has 2 N–H and O–H groups in total. The molecule has 0 saturated carbocycles. The first-order valence-corrected chi connectivity index (χ1v) is 12.7. The van der Waals surface area contributed by atoms with Gasteiger partial charge in [-0.25, -0.2) is 9.37 Å². The number of hydrogen-bond donors (Lipinski definition) is 2. The van der Waals surface area contributed by atoms with E-state index in [1.807, 2.05) is 59.8 Å². The van der Waals surface area contributed by atoms with Gasteiger partial charge in [-0.15, -0.1) is 11.3 Å². The largest absolute Gasteiger partial charge is 0.355 e. The molecule has 5 aromatic rings. The van der Waals surface area contributed by atoms with Crippen LogP contribution < -0.4 is 10.6 Å². The molecule has 36 heavy (non-hydrogen) atoms. The molecule has 0 spiro atoms. The van der Waals surface area contributed by atoms with E-state index >= 15 is 4.39 Å². The van der Waals surface area contributed by atoms with Crippen LogP contribution in [0.3, 0.4) is 0 Å². The van der Waals surface area contributed by atoms with Gasteiger partial charge in [0.1, 0.15) is 5.82 Å². The molecule has 1 aliphatic heterocycles. The number of pyridine rings is 1. The summed E-state index contributed by atoms with van der Waals surface area (Å²) in [7, 11) is 0. The molecule has 0 atom stereocenters. The molecule has 1 saturated heterocycles. The van der Waals surface area contributed by atoms with Crippen molar-refractivity contribution in [3.05, 3.63) is 83.2 Å². The SMILES string of the molecule is Cc1cc(CN2CCNC(=O)C2)cc(F)c1-c1ccc2nccc(Nc3ccc4scnc4c3)c2c1. The van der Waals surface area contributed by atoms with E-state index in [4.69, 9.17) is 0 Å². The summed E-state index contributed by atoms with van der Waals surface area (Å²) in [5.74, 6) is -0.256. The van der Waals surface area contributed by atoms with Gasteiger partial charge in [-0.3, -0.25) is 14.7 Å². The van der Waals surface area contributed by atoms with Crippen molar-refractivity contribution in [2.45, 2.75) is 13.5 Å². The van der Waals surface area contributed by atoms with Crippen LogP contribution in [0.4, 0.5) is 15.8 Å². The minimum atomic E-state index is -0.266. The molecule has 1 fully saturated rings. The smallest absolute Gasteiger partial charge is 0.234 e. The van der Waals surface area contributed by atoms with Gasteiger partial charge in [-0.05, 0) is 66.1 Å². The Bertz CT molecular complexity index is 1590. The number of carbonyl (C=O) groups excluding carboxylic acids is 1. The van der Waals surface area contributed by atoms with E-state index in [0.29, 0.717) is 25.2 Å². The maximum absolute atomic E-state index is 15.5. The van der Waals surface area contributed by atoms with Gasteiger partial charge in [-0.1, -0.05) is 12.1 Å². The van der Waals surface area contributed by atoms with Crippen molar-refractivity contribution < 1.29 is 9.18 Å². The number of hydrogen-bond acceptors (Lipinski definition) is 6. The van der Waals surface area contributed by atoms with Crippen molar-refractivity contribution >= 4 is 49.7 Å². The van der Waals surface area contributed by atoms with Crippen molar-refractivity contribution in [3.8, 4) is 11.1 Å². The van der Waals surface area contributed by atoms with Gasteiger partial charge < -0.3 is 10.6 Å². The minimum Gasteiger partial charge on any atom is -0.355 e. The Kier molecular flexibility index (Phi) is 5.83. The number of anilines is 2. The number of nitrogens with zero attached hydrogens (tertiary/aromatic N) is 3. The van der Waals surface area contributed by atoms with Crippen LogP contribution in [0.2, 0.25) is 0 Å². The van der Waals surface area contributed by atoms with Gasteiger partial charge in [0.05, 0.1) is 27.8 Å². The summed E-state index contributed by atoms with van der Waals surface area (Å²) >= 11 is 1.61. The minimum absolute atomic E-state index is 0.00996. The van der Waals surface area contributed by atoms with Gasteiger partial charge in [0, 0.05) is 48.2 Å². The van der Waals surface area contributed by atoms with Crippen molar-refractivity contribution in [1.82, 2.24) is 20.2 Å². The third-order valence-electron chi connectivity index (χ3n) is 6.51. The summed E-state index contributed by atoms with van der Waals surface area (Å²) in [6.45, 7) is 4.20. The summed E-state index contributed by atoms with van der Waals surface area (Å²) in [5.41, 5.74) is 8.56. The second-order valence-corrected chi connectivity index (χ2v) is 9.97. The Morgan fingerprint density at radius 1 is 1.08 bits per heavy atom. The van der Waals surface area contributed by atoms with Crippen LogP contribution in [-0.2, 0) is 11.3 Å². The quantitative estimate of drug-likeness (QED) is 0.329. The first-order chi connectivity index (χ1) is 17.5. The summed E-state index contributed by atoms with van der Waals surface area (Å²) in [6.07, 6.45) is 1.77. The Balaban J connectivity index is 1.33. The zero-order valence-electron chi connectivity index (χ0n) is 19.7. The fraction of sp³-hybridized carbons (Fsp3) is 0.179. The van der Waals surface area contributed by atoms with Crippen LogP contribution in [0, 0.1) is 12.7 Å². The van der Waals surface area contributed by atoms with Gasteiger partial charge in [0.2, 0.25) is 5.91 Å². The average Bonchev–Trinajstić information content (AvgIpc) is 3.32. The molecule has 180 valence electrons. The van der Waals surface area contributed by atoms with E-state index in [1.54, 1.807) is 23.6 Å². The second kappa shape index (κ2) is 9.29. The van der Waals surface area contributed by atoms with Crippen molar-refractivity contribution in [3.63, 3.8) is 0 Å². The van der Waals surface area contributed by atoms with Crippen LogP contribution in [0.25, 0.3) is 32.2 Å². The predicted molar refractivity (Wildman–Crippen MR) is 143 cm³/mol. The number of aryl methyl sites for hydroxylation is 1. The van der Waals surface area contributed by atoms with Crippen molar-refractivity contribution in [1.29, 1.82) is 0 Å². The van der Waals surface area contributed by atoms with E-state index in [0.717, 1.165) is 55.7 Å². The molecule has 1 aliphatic rings. The second-order valence-electron chi connectivity index (χ2n) is 9.08. The van der Waals surface area contributed by atoms with E-state index in [9.17, 15) is 4.79 Å². The highest BCUT2D eigenvalue weighted by Crippen LogP contribution is 2.34. The molecule has 0 radical (unpaired) electrons. The lowest BCUT2D eigenvalue weighted by molar-refractivity contribution is -0.124. The number of aromatic nitrogens is 2. The highest BCUT2D eigenvalue weighted by Gasteiger charge is 2.18. The van der Waals surface area contributed by atoms with Gasteiger partial charge in [-0.2, -0.15) is 0 Å². The van der Waals surface area contributed by atoms with Crippen LogP contribution in [-0.4, -0.2) is 40.4 Å². The molecular weight excluding hydrogens is 473 g/mol. The van der Waals surface area contributed by atoms with Crippen LogP contribution in [0.5, 0.6) is 0 Å². The Morgan fingerprint density at radius 3 is 2.86 bits per heavy atom. The molecule has 6 nitrogen and oxygen atoms in total. The number of fused-ring (bicyclic) bond motifs is 2. The highest BCUT2D eigenvalue weighted by atomic mass is 32.1. The van der Waals surface area contributed by atoms with Crippen molar-refractivity contribution in [2.24, 2.45) is 0 Å². The van der Waals surface area contributed by atoms with Crippen molar-refractivity contribution in [2.75, 3.05) is 25.0 Å². The normalized spacial score (nSPS) is 14.3. The number of piperazine rings is 1. The third-order valence-corrected chi connectivity index (χ3v) is 7.32. The lowest BCUT2D eigenvalue weighted by atomic mass is 9.96. The maximum Gasteiger partial charge on any atom is 0.234 e. The first-order valence-electron chi connectivity index (χ1n) is 11.8. The van der Waals surface area contributed by atoms with E-state index in [-0.39, 0.29) is 11.7 Å². The third kappa shape index (κ3) is 4.41. The fourth-order valence-corrected chi connectivity index (χ4v) is 5.52. The zero-order valence-corrected chi connectivity index (χ0v) is 20.5. The zero-order chi connectivity index (χ0) is 24.6. The number of halogens is 1. The van der Waals surface area contributed by atoms with Gasteiger partial charge in [0.25, 0.3) is 0 Å². The number of carbonyl (C=O) groups is 1. The summed E-state index contributed by atoms with van der Waals surface area (Å²) < 4.78 is 16.6. The van der Waals surface area contributed by atoms with E-state index < -0.39 is 0 Å². The number of thiazole rings is 1. The molecule has 3 aromatic carbocycles. The Morgan fingerprint density at radius 2 is 2.00 bits per heavy atom. The molecule has 3 heterocycles. The monoisotopic (exact) mass is 497 g/mol. The predicted octanol–water partition coefficient (Wildman–Crippen LogP) is 5.63. The molecule has 6 rings (SSSR count). The molecular formula is C28H24FN5OS. The number of nitrogens with one attached hydrogen (secondary N) is 2. The van der Waals surface area contributed by atoms with Gasteiger partial charge in [0.15, 0.2) is 0 Å². The molecule has 1 amide bonds. The summed E-state index contributed by atoms with van der Waals surface area (Å²) in [5, 5.41) is 7.22. The highest BCUT2D eigenvalue weighted by molar-refractivity contribution is 7.16. The molecule has 0 aliphatic carbocycles. The standard InChI is InChI=1S/C28H24FN5OS/c1-17-10-18(14-34-9-8-31-27(35)15-34)11-22(29)28(17)19-2-4-23-21(12-19)24(6-7-30-23)33-20-3-5-26-25(13-20)32-16-36-26/h2-7,10-13,16H,8-9,14-15H2,1H3,(H,30,33)(H,31,35). The first kappa shape index (κ1) is 22.6. The topological polar surface area (TPSA) is 70.2 Å². The number of benzene rings is 3. The summed E-state index contributed by atoms with van der Waals surface area (Å²) in [4.78, 5) is 22.6. The molecule has 0 bridgehead atoms. The Hall–Kier alpha value is -3.88. The molecule has 0 unspecified atom stereocenters. The lowest BCUT2D eigenvalue weighted by Gasteiger charge is -2.26. The maximum atomic E-state index is 15.5. The summed E-state index contributed by atoms with van der Waals surface area (Å²) in [6, 6.07) is 17.5. The van der Waals surface area contributed by atoms with Crippen LogP contribution >= 0.6 is 11.3 Å². The number of rotatable bonds is 5. The number of amides is 1.